The fourth-order valence-corrected chi connectivity index (χ4v) is 3.82. The molecule has 0 radical (unpaired) electrons. The largest absolute Gasteiger partial charge is 0.444 e. The lowest BCUT2D eigenvalue weighted by atomic mass is 10.0. The summed E-state index contributed by atoms with van der Waals surface area (Å²) < 4.78 is 6.35. The van der Waals surface area contributed by atoms with Gasteiger partial charge in [0.05, 0.1) is 17.3 Å². The first-order chi connectivity index (χ1) is 11.3. The van der Waals surface area contributed by atoms with Crippen LogP contribution < -0.4 is 5.32 Å². The summed E-state index contributed by atoms with van der Waals surface area (Å²) in [5, 5.41) is 4.76. The fourth-order valence-electron chi connectivity index (χ4n) is 2.34. The number of aliphatic imine (C=N–C) groups is 1. The lowest BCUT2D eigenvalue weighted by Gasteiger charge is -2.24. The van der Waals surface area contributed by atoms with E-state index in [1.54, 1.807) is 17.5 Å². The van der Waals surface area contributed by atoms with Gasteiger partial charge in [-0.3, -0.25) is 10.3 Å². The Morgan fingerprint density at radius 2 is 2.25 bits per heavy atom. The maximum atomic E-state index is 12.1. The SMILES string of the molecule is CC(C)(C)OC(=O)NC1=N[C@H](c2cc(Br)cs2)Cc2ncncc21. The highest BCUT2D eigenvalue weighted by Crippen LogP contribution is 2.33. The number of carbonyl (C=O) groups is 1. The summed E-state index contributed by atoms with van der Waals surface area (Å²) in [4.78, 5) is 26.3. The van der Waals surface area contributed by atoms with Gasteiger partial charge in [-0.2, -0.15) is 0 Å². The first-order valence-electron chi connectivity index (χ1n) is 7.43. The molecule has 6 nitrogen and oxygen atoms in total. The van der Waals surface area contributed by atoms with Gasteiger partial charge in [0.15, 0.2) is 0 Å². The van der Waals surface area contributed by atoms with Crippen LogP contribution >= 0.6 is 27.3 Å². The van der Waals surface area contributed by atoms with Crippen molar-refractivity contribution in [2.45, 2.75) is 38.8 Å². The van der Waals surface area contributed by atoms with Gasteiger partial charge in [0.25, 0.3) is 0 Å². The summed E-state index contributed by atoms with van der Waals surface area (Å²) in [6, 6.07) is 1.95. The van der Waals surface area contributed by atoms with E-state index in [0.29, 0.717) is 12.3 Å². The lowest BCUT2D eigenvalue weighted by molar-refractivity contribution is 0.0563. The molecule has 3 heterocycles. The number of nitrogens with one attached hydrogen (secondary N) is 1. The van der Waals surface area contributed by atoms with Crippen LogP contribution in [-0.4, -0.2) is 27.5 Å². The van der Waals surface area contributed by atoms with Gasteiger partial charge in [-0.15, -0.1) is 11.3 Å². The minimum absolute atomic E-state index is 0.0892. The quantitative estimate of drug-likeness (QED) is 0.776. The molecule has 126 valence electrons. The molecule has 0 bridgehead atoms. The van der Waals surface area contributed by atoms with Crippen LogP contribution in [0.15, 0.2) is 33.4 Å². The Bertz CT molecular complexity index is 797. The molecule has 0 saturated heterocycles. The first-order valence-corrected chi connectivity index (χ1v) is 9.10. The molecule has 24 heavy (non-hydrogen) atoms. The smallest absolute Gasteiger partial charge is 0.413 e. The molecule has 0 spiro atoms. The molecule has 0 saturated carbocycles. The van der Waals surface area contributed by atoms with Crippen LogP contribution in [0.3, 0.4) is 0 Å². The summed E-state index contributed by atoms with van der Waals surface area (Å²) >= 11 is 5.09. The summed E-state index contributed by atoms with van der Waals surface area (Å²) in [6.45, 7) is 5.45. The highest BCUT2D eigenvalue weighted by atomic mass is 79.9. The van der Waals surface area contributed by atoms with E-state index in [1.807, 2.05) is 32.2 Å². The maximum Gasteiger partial charge on any atom is 0.413 e. The second-order valence-electron chi connectivity index (χ2n) is 6.37. The van der Waals surface area contributed by atoms with Crippen molar-refractivity contribution >= 4 is 39.2 Å². The van der Waals surface area contributed by atoms with Gasteiger partial charge in [0.2, 0.25) is 0 Å². The number of amides is 1. The van der Waals surface area contributed by atoms with Gasteiger partial charge in [-0.25, -0.2) is 14.8 Å². The topological polar surface area (TPSA) is 76.5 Å². The Morgan fingerprint density at radius 3 is 2.92 bits per heavy atom. The number of amidine groups is 1. The maximum absolute atomic E-state index is 12.1. The molecule has 3 rings (SSSR count). The van der Waals surface area contributed by atoms with Crippen molar-refractivity contribution in [2.75, 3.05) is 0 Å². The van der Waals surface area contributed by atoms with Gasteiger partial charge in [0, 0.05) is 27.3 Å². The van der Waals surface area contributed by atoms with Crippen molar-refractivity contribution in [3.05, 3.63) is 44.6 Å². The van der Waals surface area contributed by atoms with E-state index in [0.717, 1.165) is 20.6 Å². The molecule has 0 unspecified atom stereocenters. The molecule has 8 heteroatoms. The third-order valence-electron chi connectivity index (χ3n) is 3.26. The molecule has 1 aliphatic heterocycles. The van der Waals surface area contributed by atoms with Gasteiger partial charge in [-0.1, -0.05) is 0 Å². The summed E-state index contributed by atoms with van der Waals surface area (Å²) in [5.74, 6) is 0.445. The standard InChI is InChI=1S/C16H17BrN4O2S/c1-16(2,3)23-15(22)21-14-10-6-18-8-19-11(10)5-12(20-14)13-4-9(17)7-24-13/h4,6-8,12H,5H2,1-3H3,(H,20,21,22)/t12-/m0/s1. The van der Waals surface area contributed by atoms with E-state index in [9.17, 15) is 4.79 Å². The number of thiophene rings is 1. The fraction of sp³-hybridized carbons (Fsp3) is 0.375. The number of halogens is 1. The van der Waals surface area contributed by atoms with Gasteiger partial charge < -0.3 is 4.74 Å². The summed E-state index contributed by atoms with van der Waals surface area (Å²) in [5.41, 5.74) is 1.02. The molecule has 0 fully saturated rings. The number of ether oxygens (including phenoxy) is 1. The Labute approximate surface area is 152 Å². The second kappa shape index (κ2) is 6.60. The molecule has 2 aromatic rings. The Kier molecular flexibility index (Phi) is 4.69. The Balaban J connectivity index is 1.90. The van der Waals surface area contributed by atoms with Crippen molar-refractivity contribution in [1.82, 2.24) is 15.3 Å². The number of rotatable bonds is 1. The second-order valence-corrected chi connectivity index (χ2v) is 8.23. The van der Waals surface area contributed by atoms with Crippen LogP contribution in [0.1, 0.15) is 42.9 Å². The third-order valence-corrected chi connectivity index (χ3v) is 5.05. The minimum atomic E-state index is -0.576. The first kappa shape index (κ1) is 17.0. The highest BCUT2D eigenvalue weighted by molar-refractivity contribution is 9.10. The van der Waals surface area contributed by atoms with E-state index in [2.05, 4.69) is 31.2 Å². The van der Waals surface area contributed by atoms with E-state index in [-0.39, 0.29) is 6.04 Å². The van der Waals surface area contributed by atoms with Crippen molar-refractivity contribution in [3.8, 4) is 0 Å². The summed E-state index contributed by atoms with van der Waals surface area (Å²) in [7, 11) is 0. The zero-order chi connectivity index (χ0) is 17.3. The number of nitrogens with zero attached hydrogens (tertiary/aromatic N) is 3. The predicted molar refractivity (Wildman–Crippen MR) is 96.4 cm³/mol. The van der Waals surface area contributed by atoms with E-state index < -0.39 is 11.7 Å². The van der Waals surface area contributed by atoms with Crippen molar-refractivity contribution in [3.63, 3.8) is 0 Å². The molecule has 1 N–H and O–H groups in total. The Morgan fingerprint density at radius 1 is 1.46 bits per heavy atom. The third kappa shape index (κ3) is 3.99. The van der Waals surface area contributed by atoms with Crippen molar-refractivity contribution in [1.29, 1.82) is 0 Å². The molecular formula is C16H17BrN4O2S. The molecule has 1 atom stereocenters. The zero-order valence-electron chi connectivity index (χ0n) is 13.5. The number of carbonyl (C=O) groups excluding carboxylic acids is 1. The van der Waals surface area contributed by atoms with E-state index in [1.165, 1.54) is 6.33 Å². The highest BCUT2D eigenvalue weighted by Gasteiger charge is 2.27. The van der Waals surface area contributed by atoms with Crippen LogP contribution in [0, 0.1) is 0 Å². The predicted octanol–water partition coefficient (Wildman–Crippen LogP) is 3.87. The van der Waals surface area contributed by atoms with Gasteiger partial charge in [-0.05, 0) is 42.8 Å². The number of hydrogen-bond acceptors (Lipinski definition) is 6. The zero-order valence-corrected chi connectivity index (χ0v) is 15.9. The number of aromatic nitrogens is 2. The monoisotopic (exact) mass is 408 g/mol. The van der Waals surface area contributed by atoms with Crippen molar-refractivity contribution in [2.24, 2.45) is 4.99 Å². The molecule has 1 amide bonds. The van der Waals surface area contributed by atoms with Crippen LogP contribution in [0.25, 0.3) is 0 Å². The van der Waals surface area contributed by atoms with E-state index >= 15 is 0 Å². The molecule has 0 aliphatic carbocycles. The van der Waals surface area contributed by atoms with Gasteiger partial charge in [0.1, 0.15) is 17.8 Å². The van der Waals surface area contributed by atoms with Crippen molar-refractivity contribution < 1.29 is 9.53 Å². The van der Waals surface area contributed by atoms with Crippen LogP contribution in [0.5, 0.6) is 0 Å². The molecular weight excluding hydrogens is 392 g/mol. The number of fused-ring (bicyclic) bond motifs is 1. The molecule has 0 aromatic carbocycles. The van der Waals surface area contributed by atoms with E-state index in [4.69, 9.17) is 9.73 Å². The number of hydrogen-bond donors (Lipinski definition) is 1. The number of alkyl carbamates (subject to hydrolysis) is 1. The average molecular weight is 409 g/mol. The minimum Gasteiger partial charge on any atom is -0.444 e. The van der Waals surface area contributed by atoms with Gasteiger partial charge >= 0.3 is 6.09 Å². The average Bonchev–Trinajstić information content (AvgIpc) is 2.92. The summed E-state index contributed by atoms with van der Waals surface area (Å²) in [6.07, 6.45) is 3.31. The molecule has 1 aliphatic rings. The van der Waals surface area contributed by atoms with Crippen LogP contribution in [0.2, 0.25) is 0 Å². The van der Waals surface area contributed by atoms with Crippen LogP contribution in [-0.2, 0) is 11.2 Å². The normalized spacial score (nSPS) is 17.0. The Hall–Kier alpha value is -1.80. The van der Waals surface area contributed by atoms with Crippen LogP contribution in [0.4, 0.5) is 4.79 Å². The lowest BCUT2D eigenvalue weighted by Crippen LogP contribution is -2.38. The molecule has 2 aromatic heterocycles.